The second kappa shape index (κ2) is 6.81. The molecule has 0 saturated heterocycles. The van der Waals surface area contributed by atoms with Crippen molar-refractivity contribution in [3.05, 3.63) is 22.7 Å². The van der Waals surface area contributed by atoms with E-state index in [1.807, 2.05) is 6.07 Å². The smallest absolute Gasteiger partial charge is 0.0603 e. The molecule has 0 aromatic heterocycles. The Hall–Kier alpha value is -0.740. The maximum absolute atomic E-state index is 9.70. The van der Waals surface area contributed by atoms with Crippen molar-refractivity contribution < 1.29 is 5.11 Å². The molecule has 3 N–H and O–H groups in total. The molecular formula is C16H25BrN2O. The topological polar surface area (TPSA) is 49.5 Å². The summed E-state index contributed by atoms with van der Waals surface area (Å²) in [5, 5.41) is 9.70. The molecule has 1 aromatic rings. The van der Waals surface area contributed by atoms with Crippen LogP contribution < -0.4 is 10.6 Å². The summed E-state index contributed by atoms with van der Waals surface area (Å²) in [6, 6.07) is 6.62. The summed E-state index contributed by atoms with van der Waals surface area (Å²) in [5.74, 6) is 0.588. The van der Waals surface area contributed by atoms with Gasteiger partial charge in [0, 0.05) is 17.1 Å². The first-order chi connectivity index (χ1) is 9.47. The Morgan fingerprint density at radius 1 is 1.30 bits per heavy atom. The lowest BCUT2D eigenvalue weighted by atomic mass is 9.91. The molecule has 1 aliphatic carbocycles. The first-order valence-electron chi connectivity index (χ1n) is 7.47. The third kappa shape index (κ3) is 3.89. The third-order valence-corrected chi connectivity index (χ3v) is 4.46. The fourth-order valence-electron chi connectivity index (χ4n) is 2.99. The molecule has 0 atom stereocenters. The van der Waals surface area contributed by atoms with Crippen LogP contribution >= 0.6 is 15.9 Å². The molecule has 1 fully saturated rings. The molecule has 2 rings (SSSR count). The van der Waals surface area contributed by atoms with Gasteiger partial charge in [-0.15, -0.1) is 0 Å². The predicted octanol–water partition coefficient (Wildman–Crippen LogP) is 3.80. The molecule has 0 aliphatic heterocycles. The predicted molar refractivity (Wildman–Crippen MR) is 89.0 cm³/mol. The molecule has 4 heteroatoms. The summed E-state index contributed by atoms with van der Waals surface area (Å²) >= 11 is 3.47. The maximum Gasteiger partial charge on any atom is 0.0603 e. The first-order valence-corrected chi connectivity index (χ1v) is 8.26. The monoisotopic (exact) mass is 340 g/mol. The highest BCUT2D eigenvalue weighted by Gasteiger charge is 2.26. The maximum atomic E-state index is 9.70. The van der Waals surface area contributed by atoms with Gasteiger partial charge in [-0.1, -0.05) is 29.8 Å². The van der Waals surface area contributed by atoms with Crippen molar-refractivity contribution in [3.8, 4) is 0 Å². The number of benzene rings is 1. The lowest BCUT2D eigenvalue weighted by Crippen LogP contribution is -2.41. The van der Waals surface area contributed by atoms with E-state index in [4.69, 9.17) is 5.73 Å². The van der Waals surface area contributed by atoms with E-state index in [1.54, 1.807) is 0 Å². The lowest BCUT2D eigenvalue weighted by molar-refractivity contribution is 0.121. The standard InChI is InChI=1S/C16H25BrN2O/c1-11(2)10-19(13-4-6-14(20)7-5-13)16-8-3-12(17)9-15(16)18/h3,8-9,11,13-14,20H,4-7,10,18H2,1-2H3/t13-,14-. The lowest BCUT2D eigenvalue weighted by Gasteiger charge is -2.39. The summed E-state index contributed by atoms with van der Waals surface area (Å²) < 4.78 is 1.02. The van der Waals surface area contributed by atoms with Gasteiger partial charge in [0.05, 0.1) is 17.5 Å². The van der Waals surface area contributed by atoms with Gasteiger partial charge in [0.25, 0.3) is 0 Å². The number of aliphatic hydroxyl groups excluding tert-OH is 1. The second-order valence-electron chi connectivity index (χ2n) is 6.21. The van der Waals surface area contributed by atoms with E-state index in [0.29, 0.717) is 12.0 Å². The van der Waals surface area contributed by atoms with Crippen LogP contribution in [0.3, 0.4) is 0 Å². The van der Waals surface area contributed by atoms with Crippen molar-refractivity contribution in [1.29, 1.82) is 0 Å². The fourth-order valence-corrected chi connectivity index (χ4v) is 3.37. The number of hydrogen-bond donors (Lipinski definition) is 2. The van der Waals surface area contributed by atoms with Crippen LogP contribution in [0.5, 0.6) is 0 Å². The first kappa shape index (κ1) is 15.6. The third-order valence-electron chi connectivity index (χ3n) is 3.97. The van der Waals surface area contributed by atoms with Gasteiger partial charge in [-0.3, -0.25) is 0 Å². The highest BCUT2D eigenvalue weighted by molar-refractivity contribution is 9.10. The van der Waals surface area contributed by atoms with Crippen molar-refractivity contribution >= 4 is 27.3 Å². The van der Waals surface area contributed by atoms with Gasteiger partial charge in [0.2, 0.25) is 0 Å². The van der Waals surface area contributed by atoms with Crippen LogP contribution in [0.25, 0.3) is 0 Å². The number of nitrogens with zero attached hydrogens (tertiary/aromatic N) is 1. The Bertz CT molecular complexity index is 442. The van der Waals surface area contributed by atoms with E-state index in [1.165, 1.54) is 0 Å². The number of aliphatic hydroxyl groups is 1. The minimum Gasteiger partial charge on any atom is -0.397 e. The van der Waals surface area contributed by atoms with Gasteiger partial charge in [-0.25, -0.2) is 0 Å². The molecule has 20 heavy (non-hydrogen) atoms. The minimum atomic E-state index is -0.116. The van der Waals surface area contributed by atoms with E-state index >= 15 is 0 Å². The largest absolute Gasteiger partial charge is 0.397 e. The zero-order valence-electron chi connectivity index (χ0n) is 12.3. The van der Waals surface area contributed by atoms with E-state index in [2.05, 4.69) is 46.8 Å². The van der Waals surface area contributed by atoms with Crippen LogP contribution in [0.4, 0.5) is 11.4 Å². The molecule has 3 nitrogen and oxygen atoms in total. The van der Waals surface area contributed by atoms with Crippen LogP contribution in [0.2, 0.25) is 0 Å². The normalized spacial score (nSPS) is 23.1. The Balaban J connectivity index is 2.22. The fraction of sp³-hybridized carbons (Fsp3) is 0.625. The van der Waals surface area contributed by atoms with E-state index in [0.717, 1.165) is 48.1 Å². The van der Waals surface area contributed by atoms with Gasteiger partial charge in [0.15, 0.2) is 0 Å². The minimum absolute atomic E-state index is 0.116. The molecule has 1 saturated carbocycles. The molecule has 0 radical (unpaired) electrons. The van der Waals surface area contributed by atoms with Gasteiger partial charge < -0.3 is 15.7 Å². The number of halogens is 1. The van der Waals surface area contributed by atoms with Crippen LogP contribution in [0.1, 0.15) is 39.5 Å². The Morgan fingerprint density at radius 3 is 2.50 bits per heavy atom. The Kier molecular flexibility index (Phi) is 5.33. The Morgan fingerprint density at radius 2 is 1.95 bits per heavy atom. The molecule has 0 bridgehead atoms. The van der Waals surface area contributed by atoms with Crippen molar-refractivity contribution in [2.75, 3.05) is 17.2 Å². The summed E-state index contributed by atoms with van der Waals surface area (Å²) in [5.41, 5.74) is 8.16. The number of anilines is 2. The number of rotatable bonds is 4. The Labute approximate surface area is 130 Å². The van der Waals surface area contributed by atoms with Crippen molar-refractivity contribution in [2.24, 2.45) is 5.92 Å². The SMILES string of the molecule is CC(C)CN(c1ccc(Br)cc1N)[C@H]1CC[C@H](O)CC1. The van der Waals surface area contributed by atoms with Crippen LogP contribution in [-0.4, -0.2) is 23.8 Å². The molecule has 0 heterocycles. The summed E-state index contributed by atoms with van der Waals surface area (Å²) in [7, 11) is 0. The summed E-state index contributed by atoms with van der Waals surface area (Å²) in [6.45, 7) is 5.48. The zero-order chi connectivity index (χ0) is 14.7. The van der Waals surface area contributed by atoms with Gasteiger partial charge >= 0.3 is 0 Å². The number of nitrogens with two attached hydrogens (primary N) is 1. The average molecular weight is 341 g/mol. The number of nitrogen functional groups attached to an aromatic ring is 1. The van der Waals surface area contributed by atoms with Gasteiger partial charge in [0.1, 0.15) is 0 Å². The highest BCUT2D eigenvalue weighted by Crippen LogP contribution is 2.33. The highest BCUT2D eigenvalue weighted by atomic mass is 79.9. The number of hydrogen-bond acceptors (Lipinski definition) is 3. The molecule has 1 aromatic carbocycles. The van der Waals surface area contributed by atoms with E-state index in [9.17, 15) is 5.11 Å². The van der Waals surface area contributed by atoms with E-state index < -0.39 is 0 Å². The quantitative estimate of drug-likeness (QED) is 0.819. The molecule has 0 unspecified atom stereocenters. The molecule has 112 valence electrons. The van der Waals surface area contributed by atoms with Crippen molar-refractivity contribution in [1.82, 2.24) is 0 Å². The van der Waals surface area contributed by atoms with Crippen LogP contribution in [0.15, 0.2) is 22.7 Å². The second-order valence-corrected chi connectivity index (χ2v) is 7.13. The van der Waals surface area contributed by atoms with Crippen LogP contribution in [-0.2, 0) is 0 Å². The van der Waals surface area contributed by atoms with Crippen LogP contribution in [0, 0.1) is 5.92 Å². The molecule has 1 aliphatic rings. The average Bonchev–Trinajstić information content (AvgIpc) is 2.37. The van der Waals surface area contributed by atoms with Crippen molar-refractivity contribution in [3.63, 3.8) is 0 Å². The van der Waals surface area contributed by atoms with Gasteiger partial charge in [-0.05, 0) is 49.8 Å². The zero-order valence-corrected chi connectivity index (χ0v) is 13.9. The molecule has 0 spiro atoms. The van der Waals surface area contributed by atoms with Crippen molar-refractivity contribution in [2.45, 2.75) is 51.7 Å². The summed E-state index contributed by atoms with van der Waals surface area (Å²) in [4.78, 5) is 2.44. The summed E-state index contributed by atoms with van der Waals surface area (Å²) in [6.07, 6.45) is 3.77. The molecular weight excluding hydrogens is 316 g/mol. The molecule has 0 amide bonds. The van der Waals surface area contributed by atoms with E-state index in [-0.39, 0.29) is 6.10 Å². The van der Waals surface area contributed by atoms with Gasteiger partial charge in [-0.2, -0.15) is 0 Å².